The summed E-state index contributed by atoms with van der Waals surface area (Å²) < 4.78 is 6.34. The van der Waals surface area contributed by atoms with E-state index in [1.165, 1.54) is 68.9 Å². The zero-order chi connectivity index (χ0) is 17.4. The third-order valence-corrected chi connectivity index (χ3v) is 5.45. The number of hydrogen-bond donors (Lipinski definition) is 0. The third kappa shape index (κ3) is 4.52. The summed E-state index contributed by atoms with van der Waals surface area (Å²) in [7, 11) is 0. The highest BCUT2D eigenvalue weighted by Crippen LogP contribution is 2.53. The Hall–Kier alpha value is -1.60. The molecule has 0 spiro atoms. The highest BCUT2D eigenvalue weighted by Gasteiger charge is 2.58. The van der Waals surface area contributed by atoms with Gasteiger partial charge in [0.05, 0.1) is 6.10 Å². The van der Waals surface area contributed by atoms with Crippen molar-refractivity contribution in [3.8, 4) is 0 Å². The lowest BCUT2D eigenvalue weighted by molar-refractivity contribution is 0.321. The number of rotatable bonds is 11. The summed E-state index contributed by atoms with van der Waals surface area (Å²) in [6, 6.07) is 21.5. The van der Waals surface area contributed by atoms with Crippen LogP contribution in [0.15, 0.2) is 60.7 Å². The van der Waals surface area contributed by atoms with Crippen LogP contribution in [0.4, 0.5) is 0 Å². The van der Waals surface area contributed by atoms with Crippen molar-refractivity contribution >= 4 is 0 Å². The smallest absolute Gasteiger partial charge is 0.145 e. The predicted molar refractivity (Wildman–Crippen MR) is 106 cm³/mol. The first kappa shape index (κ1) is 18.2. The van der Waals surface area contributed by atoms with Gasteiger partial charge in [0.1, 0.15) is 5.60 Å². The lowest BCUT2D eigenvalue weighted by Crippen LogP contribution is -2.15. The molecule has 0 N–H and O–H groups in total. The molecule has 25 heavy (non-hydrogen) atoms. The first-order valence-electron chi connectivity index (χ1n) is 10.2. The van der Waals surface area contributed by atoms with Gasteiger partial charge in [-0.25, -0.2) is 0 Å². The second-order valence-corrected chi connectivity index (χ2v) is 7.34. The van der Waals surface area contributed by atoms with E-state index in [2.05, 4.69) is 67.6 Å². The minimum absolute atomic E-state index is 0.205. The van der Waals surface area contributed by atoms with Crippen molar-refractivity contribution in [2.75, 3.05) is 0 Å². The number of unbranched alkanes of at least 4 members (excludes halogenated alkanes) is 7. The summed E-state index contributed by atoms with van der Waals surface area (Å²) in [5.41, 5.74) is 2.39. The molecule has 1 aliphatic heterocycles. The second kappa shape index (κ2) is 9.20. The minimum Gasteiger partial charge on any atom is -0.356 e. The maximum atomic E-state index is 6.34. The monoisotopic (exact) mass is 336 g/mol. The Morgan fingerprint density at radius 2 is 1.16 bits per heavy atom. The summed E-state index contributed by atoms with van der Waals surface area (Å²) in [6.45, 7) is 2.28. The molecule has 1 heterocycles. The Morgan fingerprint density at radius 3 is 1.68 bits per heavy atom. The Kier molecular flexibility index (Phi) is 6.69. The van der Waals surface area contributed by atoms with Gasteiger partial charge in [0.25, 0.3) is 0 Å². The van der Waals surface area contributed by atoms with Crippen molar-refractivity contribution in [2.45, 2.75) is 76.4 Å². The van der Waals surface area contributed by atoms with Crippen LogP contribution in [0.3, 0.4) is 0 Å². The molecule has 0 aliphatic carbocycles. The summed E-state index contributed by atoms with van der Waals surface area (Å²) >= 11 is 0. The Morgan fingerprint density at radius 1 is 0.680 bits per heavy atom. The van der Waals surface area contributed by atoms with Crippen molar-refractivity contribution in [2.24, 2.45) is 0 Å². The summed E-state index contributed by atoms with van der Waals surface area (Å²) in [4.78, 5) is 0. The zero-order valence-corrected chi connectivity index (χ0v) is 15.6. The molecule has 0 bridgehead atoms. The molecule has 1 unspecified atom stereocenters. The lowest BCUT2D eigenvalue weighted by atomic mass is 9.86. The molecule has 2 aromatic carbocycles. The van der Waals surface area contributed by atoms with E-state index in [1.807, 2.05) is 0 Å². The highest BCUT2D eigenvalue weighted by atomic mass is 16.6. The van der Waals surface area contributed by atoms with Gasteiger partial charge in [-0.1, -0.05) is 119 Å². The normalized spacial score (nSPS) is 18.2. The first-order valence-corrected chi connectivity index (χ1v) is 10.2. The molecule has 0 radical (unpaired) electrons. The van der Waals surface area contributed by atoms with E-state index in [9.17, 15) is 0 Å². The van der Waals surface area contributed by atoms with Gasteiger partial charge in [0, 0.05) is 0 Å². The van der Waals surface area contributed by atoms with E-state index in [1.54, 1.807) is 0 Å². The van der Waals surface area contributed by atoms with E-state index >= 15 is 0 Å². The van der Waals surface area contributed by atoms with Crippen molar-refractivity contribution in [1.82, 2.24) is 0 Å². The Balaban J connectivity index is 1.51. The zero-order valence-electron chi connectivity index (χ0n) is 15.6. The average Bonchev–Trinajstić information content (AvgIpc) is 3.41. The first-order chi connectivity index (χ1) is 12.4. The molecular weight excluding hydrogens is 304 g/mol. The fourth-order valence-electron chi connectivity index (χ4n) is 3.96. The van der Waals surface area contributed by atoms with E-state index in [-0.39, 0.29) is 5.60 Å². The third-order valence-electron chi connectivity index (χ3n) is 5.45. The van der Waals surface area contributed by atoms with Crippen LogP contribution in [0.5, 0.6) is 0 Å². The summed E-state index contributed by atoms with van der Waals surface area (Å²) in [5.74, 6) is 0. The molecule has 0 saturated carbocycles. The van der Waals surface area contributed by atoms with Gasteiger partial charge < -0.3 is 4.74 Å². The largest absolute Gasteiger partial charge is 0.356 e. The van der Waals surface area contributed by atoms with Gasteiger partial charge in [0.2, 0.25) is 0 Å². The van der Waals surface area contributed by atoms with Crippen molar-refractivity contribution < 1.29 is 4.74 Å². The van der Waals surface area contributed by atoms with Crippen LogP contribution in [0.1, 0.15) is 75.8 Å². The second-order valence-electron chi connectivity index (χ2n) is 7.34. The standard InChI is InChI=1S/C24H32O/c1-2-3-4-5-6-7-8-15-20-23-24(25-23,21-16-11-9-12-17-21)22-18-13-10-14-19-22/h9-14,16-19,23H,2-8,15,20H2,1H3. The van der Waals surface area contributed by atoms with Gasteiger partial charge >= 0.3 is 0 Å². The number of epoxide rings is 1. The van der Waals surface area contributed by atoms with Crippen molar-refractivity contribution in [3.63, 3.8) is 0 Å². The molecule has 134 valence electrons. The number of ether oxygens (including phenoxy) is 1. The fraction of sp³-hybridized carbons (Fsp3) is 0.500. The van der Waals surface area contributed by atoms with Gasteiger partial charge in [-0.15, -0.1) is 0 Å². The van der Waals surface area contributed by atoms with Gasteiger partial charge in [0.15, 0.2) is 0 Å². The maximum Gasteiger partial charge on any atom is 0.145 e. The molecule has 3 rings (SSSR count). The van der Waals surface area contributed by atoms with Crippen LogP contribution < -0.4 is 0 Å². The molecule has 1 nitrogen and oxygen atoms in total. The average molecular weight is 337 g/mol. The van der Waals surface area contributed by atoms with Crippen LogP contribution in [-0.4, -0.2) is 6.10 Å². The van der Waals surface area contributed by atoms with Crippen LogP contribution >= 0.6 is 0 Å². The Bertz CT molecular complexity index is 565. The van der Waals surface area contributed by atoms with Gasteiger partial charge in [-0.2, -0.15) is 0 Å². The van der Waals surface area contributed by atoms with E-state index < -0.39 is 0 Å². The molecular formula is C24H32O. The number of hydrogen-bond acceptors (Lipinski definition) is 1. The van der Waals surface area contributed by atoms with Crippen molar-refractivity contribution in [3.05, 3.63) is 71.8 Å². The summed E-state index contributed by atoms with van der Waals surface area (Å²) in [6.07, 6.45) is 12.4. The van der Waals surface area contributed by atoms with Crippen LogP contribution in [0, 0.1) is 0 Å². The maximum absolute atomic E-state index is 6.34. The summed E-state index contributed by atoms with van der Waals surface area (Å²) in [5, 5.41) is 0. The van der Waals surface area contributed by atoms with Gasteiger partial charge in [-0.3, -0.25) is 0 Å². The quantitative estimate of drug-likeness (QED) is 0.322. The molecule has 0 aromatic heterocycles. The minimum atomic E-state index is -0.205. The molecule has 1 aliphatic rings. The number of benzene rings is 2. The fourth-order valence-corrected chi connectivity index (χ4v) is 3.96. The van der Waals surface area contributed by atoms with Crippen molar-refractivity contribution in [1.29, 1.82) is 0 Å². The van der Waals surface area contributed by atoms with E-state index in [4.69, 9.17) is 4.74 Å². The molecule has 1 fully saturated rings. The predicted octanol–water partition coefficient (Wildman–Crippen LogP) is 6.86. The molecule has 1 heteroatoms. The Labute approximate surface area is 153 Å². The van der Waals surface area contributed by atoms with E-state index in [0.29, 0.717) is 6.10 Å². The molecule has 2 aromatic rings. The van der Waals surface area contributed by atoms with Gasteiger partial charge in [-0.05, 0) is 17.5 Å². The van der Waals surface area contributed by atoms with Crippen LogP contribution in [0.25, 0.3) is 0 Å². The van der Waals surface area contributed by atoms with Crippen LogP contribution in [-0.2, 0) is 10.3 Å². The molecule has 1 atom stereocenters. The SMILES string of the molecule is CCCCCCCCCCC1OC1(c1ccccc1)c1ccccc1. The lowest BCUT2D eigenvalue weighted by Gasteiger charge is -2.14. The van der Waals surface area contributed by atoms with Crippen LogP contribution in [0.2, 0.25) is 0 Å². The highest BCUT2D eigenvalue weighted by molar-refractivity contribution is 5.42. The molecule has 0 amide bonds. The molecule has 1 saturated heterocycles. The topological polar surface area (TPSA) is 12.5 Å². The van der Waals surface area contributed by atoms with E-state index in [0.717, 1.165) is 0 Å².